The Morgan fingerprint density at radius 2 is 1.29 bits per heavy atom. The molecule has 0 N–H and O–H groups in total. The summed E-state index contributed by atoms with van der Waals surface area (Å²) in [4.78, 5) is 0. The minimum Gasteiger partial charge on any atom is -0.263 e. The fraction of sp³-hybridized carbons (Fsp3) is 0.600. The summed E-state index contributed by atoms with van der Waals surface area (Å²) in [6.45, 7) is 10.9. The molecule has 0 aromatic heterocycles. The minimum atomic E-state index is 0. The molecule has 0 fully saturated rings. The van der Waals surface area contributed by atoms with Crippen molar-refractivity contribution in [2.45, 2.75) is 34.6 Å². The van der Waals surface area contributed by atoms with Gasteiger partial charge in [0.05, 0.1) is 0 Å². The topological polar surface area (TPSA) is 0 Å². The summed E-state index contributed by atoms with van der Waals surface area (Å²) in [5.41, 5.74) is 4.39. The number of allylic oxidation sites excluding steroid dienone is 4. The zero-order valence-corrected chi connectivity index (χ0v) is 15.3. The van der Waals surface area contributed by atoms with E-state index in [0.29, 0.717) is 0 Å². The van der Waals surface area contributed by atoms with E-state index >= 15 is 0 Å². The summed E-state index contributed by atoms with van der Waals surface area (Å²) in [5.74, 6) is 0. The molecule has 0 saturated heterocycles. The average Bonchev–Trinajstić information content (AvgIpc) is 1.95. The van der Waals surface area contributed by atoms with Crippen LogP contribution < -0.4 is 0 Å². The first-order valence-electron chi connectivity index (χ1n) is 3.75. The maximum absolute atomic E-state index is 3.44. The Morgan fingerprint density at radius 3 is 1.36 bits per heavy atom. The van der Waals surface area contributed by atoms with Gasteiger partial charge in [-0.3, -0.25) is 6.08 Å². The van der Waals surface area contributed by atoms with E-state index in [2.05, 4.69) is 40.7 Å². The van der Waals surface area contributed by atoms with Crippen LogP contribution in [0.1, 0.15) is 34.6 Å². The van der Waals surface area contributed by atoms with Gasteiger partial charge in [-0.25, -0.2) is 5.57 Å². The maximum Gasteiger partial charge on any atom is 0 e. The maximum atomic E-state index is 3.44. The van der Waals surface area contributed by atoms with Gasteiger partial charge < -0.3 is 0 Å². The number of hydrogen-bond donors (Lipinski definition) is 0. The molecule has 0 aromatic carbocycles. The molecule has 0 unspecified atom stereocenters. The standard InChI is InChI=1S/C10H15.3ClH.Hf/c1-7-6-10(4,5)9(3)8(7)2;;;;/h1-5H3;3*1H;/q-1;;;;. The zero-order valence-electron chi connectivity index (χ0n) is 9.22. The third-order valence-electron chi connectivity index (χ3n) is 2.56. The summed E-state index contributed by atoms with van der Waals surface area (Å²) < 4.78 is 0. The number of halogens is 3. The van der Waals surface area contributed by atoms with Crippen LogP contribution in [0.5, 0.6) is 0 Å². The van der Waals surface area contributed by atoms with E-state index in [1.54, 1.807) is 0 Å². The Balaban J connectivity index is -0.000000125. The predicted octanol–water partition coefficient (Wildman–Crippen LogP) is 4.37. The molecule has 0 radical (unpaired) electrons. The van der Waals surface area contributed by atoms with Crippen LogP contribution >= 0.6 is 37.2 Å². The molecule has 0 spiro atoms. The Hall–Kier alpha value is 1.22. The molecule has 14 heavy (non-hydrogen) atoms. The third-order valence-corrected chi connectivity index (χ3v) is 2.56. The molecule has 0 saturated carbocycles. The summed E-state index contributed by atoms with van der Waals surface area (Å²) in [6.07, 6.45) is 3.44. The van der Waals surface area contributed by atoms with Crippen LogP contribution in [0.4, 0.5) is 0 Å². The Morgan fingerprint density at radius 1 is 0.929 bits per heavy atom. The molecule has 4 heteroatoms. The van der Waals surface area contributed by atoms with Crippen LogP contribution in [0.25, 0.3) is 0 Å². The second-order valence-electron chi connectivity index (χ2n) is 3.62. The van der Waals surface area contributed by atoms with E-state index in [1.165, 1.54) is 16.7 Å². The largest absolute Gasteiger partial charge is 0.263 e. The van der Waals surface area contributed by atoms with Gasteiger partial charge in [-0.1, -0.05) is 33.1 Å². The van der Waals surface area contributed by atoms with E-state index in [0.717, 1.165) is 0 Å². The SMILES string of the molecule is CC1=[C-]C(C)(C)C(C)=C1C.Cl.Cl.Cl.[Hf]. The first-order chi connectivity index (χ1) is 4.45. The zero-order chi connectivity index (χ0) is 7.94. The molecule has 0 aromatic rings. The number of hydrogen-bond acceptors (Lipinski definition) is 0. The van der Waals surface area contributed by atoms with E-state index in [-0.39, 0.29) is 68.5 Å². The molecular weight excluding hydrogens is 405 g/mol. The fourth-order valence-electron chi connectivity index (χ4n) is 1.41. The molecule has 0 nitrogen and oxygen atoms in total. The van der Waals surface area contributed by atoms with Gasteiger partial charge in [0.15, 0.2) is 0 Å². The first kappa shape index (κ1) is 24.4. The molecule has 1 aliphatic carbocycles. The van der Waals surface area contributed by atoms with Gasteiger partial charge in [-0.15, -0.1) is 44.1 Å². The van der Waals surface area contributed by atoms with Crippen LogP contribution in [0, 0.1) is 11.5 Å². The second kappa shape index (κ2) is 8.38. The van der Waals surface area contributed by atoms with Gasteiger partial charge in [0.25, 0.3) is 0 Å². The van der Waals surface area contributed by atoms with E-state index < -0.39 is 0 Å². The van der Waals surface area contributed by atoms with Crippen molar-refractivity contribution in [3.05, 3.63) is 22.8 Å². The quantitative estimate of drug-likeness (QED) is 0.401. The van der Waals surface area contributed by atoms with Crippen LogP contribution in [-0.4, -0.2) is 0 Å². The van der Waals surface area contributed by atoms with E-state index in [9.17, 15) is 0 Å². The molecule has 0 heterocycles. The van der Waals surface area contributed by atoms with Gasteiger partial charge in [-0.05, 0) is 0 Å². The van der Waals surface area contributed by atoms with E-state index in [4.69, 9.17) is 0 Å². The smallest absolute Gasteiger partial charge is 0 e. The third kappa shape index (κ3) is 4.83. The first-order valence-corrected chi connectivity index (χ1v) is 3.75. The predicted molar refractivity (Wildman–Crippen MR) is 66.3 cm³/mol. The van der Waals surface area contributed by atoms with Gasteiger partial charge in [0, 0.05) is 25.8 Å². The summed E-state index contributed by atoms with van der Waals surface area (Å²) in [6, 6.07) is 0. The van der Waals surface area contributed by atoms with Crippen LogP contribution in [-0.2, 0) is 25.8 Å². The van der Waals surface area contributed by atoms with Gasteiger partial charge in [0.2, 0.25) is 0 Å². The molecule has 1 aliphatic rings. The van der Waals surface area contributed by atoms with Crippen LogP contribution in [0.15, 0.2) is 16.7 Å². The number of rotatable bonds is 0. The fourth-order valence-corrected chi connectivity index (χ4v) is 1.41. The van der Waals surface area contributed by atoms with Crippen molar-refractivity contribution in [1.82, 2.24) is 0 Å². The summed E-state index contributed by atoms with van der Waals surface area (Å²) in [5, 5.41) is 0. The van der Waals surface area contributed by atoms with Gasteiger partial charge in [-0.2, -0.15) is 11.1 Å². The second-order valence-corrected chi connectivity index (χ2v) is 3.62. The Bertz CT molecular complexity index is 230. The molecule has 1 rings (SSSR count). The van der Waals surface area contributed by atoms with Crippen molar-refractivity contribution in [3.8, 4) is 0 Å². The summed E-state index contributed by atoms with van der Waals surface area (Å²) in [7, 11) is 0. The van der Waals surface area contributed by atoms with Crippen LogP contribution in [0.2, 0.25) is 0 Å². The van der Waals surface area contributed by atoms with Crippen molar-refractivity contribution in [1.29, 1.82) is 0 Å². The molecule has 0 aliphatic heterocycles. The minimum absolute atomic E-state index is 0. The molecule has 0 amide bonds. The normalized spacial score (nSPS) is 16.8. The van der Waals surface area contributed by atoms with Crippen molar-refractivity contribution < 1.29 is 25.8 Å². The van der Waals surface area contributed by atoms with E-state index in [1.807, 2.05) is 0 Å². The molecule has 0 bridgehead atoms. The Kier molecular flexibility index (Phi) is 14.6. The average molecular weight is 423 g/mol. The molecule has 0 atom stereocenters. The van der Waals surface area contributed by atoms with Crippen molar-refractivity contribution in [3.63, 3.8) is 0 Å². The van der Waals surface area contributed by atoms with Gasteiger partial charge in [0.1, 0.15) is 0 Å². The Labute approximate surface area is 125 Å². The summed E-state index contributed by atoms with van der Waals surface area (Å²) >= 11 is 0. The van der Waals surface area contributed by atoms with Crippen LogP contribution in [0.3, 0.4) is 0 Å². The molecular formula is C10H18Cl3Hf-. The van der Waals surface area contributed by atoms with Crippen molar-refractivity contribution in [2.24, 2.45) is 5.41 Å². The van der Waals surface area contributed by atoms with Crippen molar-refractivity contribution >= 4 is 37.2 Å². The molecule has 84 valence electrons. The monoisotopic (exact) mass is 423 g/mol. The van der Waals surface area contributed by atoms with Gasteiger partial charge >= 0.3 is 0 Å². The van der Waals surface area contributed by atoms with Crippen molar-refractivity contribution in [2.75, 3.05) is 0 Å².